The van der Waals surface area contributed by atoms with Crippen LogP contribution in [0.15, 0.2) is 24.3 Å². The molecule has 0 radical (unpaired) electrons. The molecule has 14 heavy (non-hydrogen) atoms. The van der Waals surface area contributed by atoms with Crippen LogP contribution in [0.3, 0.4) is 0 Å². The molecule has 4 heteroatoms. The van der Waals surface area contributed by atoms with Crippen LogP contribution in [0.2, 0.25) is 0 Å². The van der Waals surface area contributed by atoms with Crippen molar-refractivity contribution in [3.63, 3.8) is 0 Å². The molecule has 0 saturated carbocycles. The minimum atomic E-state index is -0.292. The quantitative estimate of drug-likeness (QED) is 0.756. The minimum Gasteiger partial charge on any atom is -0.354 e. The van der Waals surface area contributed by atoms with Gasteiger partial charge in [0.15, 0.2) is 0 Å². The summed E-state index contributed by atoms with van der Waals surface area (Å²) in [7, 11) is 0. The Balaban J connectivity index is 2.56. The number of carbonyl (C=O) groups is 1. The number of nitrogens with two attached hydrogens (primary N) is 1. The number of hydrogen-bond donors (Lipinski definition) is 2. The van der Waals surface area contributed by atoms with Crippen molar-refractivity contribution in [2.75, 3.05) is 6.54 Å². The molecule has 0 heterocycles. The second kappa shape index (κ2) is 4.72. The number of carbonyl (C=O) groups excluding carboxylic acids is 1. The highest BCUT2D eigenvalue weighted by Crippen LogP contribution is 2.09. The first-order valence-electron chi connectivity index (χ1n) is 4.35. The molecule has 0 bridgehead atoms. The molecule has 0 aliphatic heterocycles. The van der Waals surface area contributed by atoms with Gasteiger partial charge in [-0.25, -0.2) is 4.39 Å². The fourth-order valence-electron chi connectivity index (χ4n) is 1.08. The highest BCUT2D eigenvalue weighted by atomic mass is 19.1. The Hall–Kier alpha value is -1.42. The lowest BCUT2D eigenvalue weighted by atomic mass is 10.1. The third-order valence-corrected chi connectivity index (χ3v) is 1.87. The highest BCUT2D eigenvalue weighted by molar-refractivity contribution is 5.72. The Labute approximate surface area is 82.1 Å². The van der Waals surface area contributed by atoms with E-state index in [4.69, 9.17) is 5.73 Å². The second-order valence-electron chi connectivity index (χ2n) is 3.10. The molecular weight excluding hydrogens is 183 g/mol. The SMILES string of the molecule is CC(=O)NCC(N)c1ccc(F)cc1. The molecule has 76 valence electrons. The lowest BCUT2D eigenvalue weighted by Crippen LogP contribution is -2.30. The van der Waals surface area contributed by atoms with Gasteiger partial charge in [0.05, 0.1) is 0 Å². The maximum Gasteiger partial charge on any atom is 0.216 e. The van der Waals surface area contributed by atoms with E-state index in [0.717, 1.165) is 5.56 Å². The van der Waals surface area contributed by atoms with Gasteiger partial charge in [-0.3, -0.25) is 4.79 Å². The molecule has 0 aliphatic rings. The molecular formula is C10H13FN2O. The molecule has 0 fully saturated rings. The Morgan fingerprint density at radius 2 is 2.07 bits per heavy atom. The summed E-state index contributed by atoms with van der Waals surface area (Å²) in [5.41, 5.74) is 6.56. The van der Waals surface area contributed by atoms with E-state index in [1.165, 1.54) is 19.1 Å². The number of hydrogen-bond acceptors (Lipinski definition) is 2. The van der Waals surface area contributed by atoms with Crippen LogP contribution in [0.5, 0.6) is 0 Å². The summed E-state index contributed by atoms with van der Waals surface area (Å²) in [5.74, 6) is -0.414. The summed E-state index contributed by atoms with van der Waals surface area (Å²) < 4.78 is 12.6. The molecule has 1 aromatic carbocycles. The van der Waals surface area contributed by atoms with Crippen molar-refractivity contribution < 1.29 is 9.18 Å². The standard InChI is InChI=1S/C10H13FN2O/c1-7(14)13-6-10(12)8-2-4-9(11)5-3-8/h2-5,10H,6,12H2,1H3,(H,13,14). The van der Waals surface area contributed by atoms with Gasteiger partial charge in [-0.15, -0.1) is 0 Å². The van der Waals surface area contributed by atoms with Crippen LogP contribution in [0, 0.1) is 5.82 Å². The van der Waals surface area contributed by atoms with Gasteiger partial charge in [-0.05, 0) is 17.7 Å². The molecule has 3 nitrogen and oxygen atoms in total. The summed E-state index contributed by atoms with van der Waals surface area (Å²) in [6.07, 6.45) is 0. The van der Waals surface area contributed by atoms with E-state index in [1.807, 2.05) is 0 Å². The number of halogens is 1. The number of amides is 1. The molecule has 1 atom stereocenters. The van der Waals surface area contributed by atoms with Crippen LogP contribution < -0.4 is 11.1 Å². The minimum absolute atomic E-state index is 0.123. The van der Waals surface area contributed by atoms with Gasteiger partial charge in [-0.1, -0.05) is 12.1 Å². The Bertz CT molecular complexity index is 310. The maximum absolute atomic E-state index is 12.6. The predicted molar refractivity (Wildman–Crippen MR) is 52.0 cm³/mol. The van der Waals surface area contributed by atoms with Crippen molar-refractivity contribution in [1.82, 2.24) is 5.32 Å². The lowest BCUT2D eigenvalue weighted by molar-refractivity contribution is -0.119. The molecule has 1 amide bonds. The van der Waals surface area contributed by atoms with Crippen LogP contribution in [0.4, 0.5) is 4.39 Å². The first-order valence-corrected chi connectivity index (χ1v) is 4.35. The summed E-state index contributed by atoms with van der Waals surface area (Å²) in [5, 5.41) is 2.60. The van der Waals surface area contributed by atoms with Crippen LogP contribution in [0.1, 0.15) is 18.5 Å². The van der Waals surface area contributed by atoms with E-state index in [-0.39, 0.29) is 17.8 Å². The van der Waals surface area contributed by atoms with Crippen molar-refractivity contribution >= 4 is 5.91 Å². The van der Waals surface area contributed by atoms with Crippen molar-refractivity contribution in [1.29, 1.82) is 0 Å². The summed E-state index contributed by atoms with van der Waals surface area (Å²) in [4.78, 5) is 10.6. The Morgan fingerprint density at radius 1 is 1.50 bits per heavy atom. The average Bonchev–Trinajstić information content (AvgIpc) is 2.15. The number of nitrogens with one attached hydrogen (secondary N) is 1. The number of rotatable bonds is 3. The third kappa shape index (κ3) is 3.14. The normalized spacial score (nSPS) is 12.2. The smallest absolute Gasteiger partial charge is 0.216 e. The first kappa shape index (κ1) is 10.7. The van der Waals surface area contributed by atoms with Crippen LogP contribution >= 0.6 is 0 Å². The molecule has 0 aliphatic carbocycles. The monoisotopic (exact) mass is 196 g/mol. The molecule has 1 unspecified atom stereocenters. The third-order valence-electron chi connectivity index (χ3n) is 1.87. The zero-order valence-electron chi connectivity index (χ0n) is 7.96. The van der Waals surface area contributed by atoms with Crippen molar-refractivity contribution in [2.45, 2.75) is 13.0 Å². The van der Waals surface area contributed by atoms with Crippen molar-refractivity contribution in [3.05, 3.63) is 35.6 Å². The first-order chi connectivity index (χ1) is 6.59. The van der Waals surface area contributed by atoms with E-state index in [2.05, 4.69) is 5.32 Å². The predicted octanol–water partition coefficient (Wildman–Crippen LogP) is 0.962. The largest absolute Gasteiger partial charge is 0.354 e. The van der Waals surface area contributed by atoms with Crippen LogP contribution in [-0.2, 0) is 4.79 Å². The zero-order chi connectivity index (χ0) is 10.6. The van der Waals surface area contributed by atoms with E-state index < -0.39 is 0 Å². The molecule has 0 saturated heterocycles. The van der Waals surface area contributed by atoms with Gasteiger partial charge < -0.3 is 11.1 Å². The van der Waals surface area contributed by atoms with Crippen LogP contribution in [-0.4, -0.2) is 12.5 Å². The summed E-state index contributed by atoms with van der Waals surface area (Å²) in [6.45, 7) is 1.79. The Kier molecular flexibility index (Phi) is 3.59. The van der Waals surface area contributed by atoms with Gasteiger partial charge in [0, 0.05) is 19.5 Å². The van der Waals surface area contributed by atoms with Crippen molar-refractivity contribution in [2.24, 2.45) is 5.73 Å². The molecule has 0 spiro atoms. The Morgan fingerprint density at radius 3 is 2.57 bits per heavy atom. The van der Waals surface area contributed by atoms with E-state index in [9.17, 15) is 9.18 Å². The molecule has 1 rings (SSSR count). The van der Waals surface area contributed by atoms with Gasteiger partial charge in [-0.2, -0.15) is 0 Å². The molecule has 1 aromatic rings. The van der Waals surface area contributed by atoms with Gasteiger partial charge in [0.2, 0.25) is 5.91 Å². The van der Waals surface area contributed by atoms with Gasteiger partial charge in [0.25, 0.3) is 0 Å². The zero-order valence-corrected chi connectivity index (χ0v) is 7.96. The highest BCUT2D eigenvalue weighted by Gasteiger charge is 2.05. The number of benzene rings is 1. The fraction of sp³-hybridized carbons (Fsp3) is 0.300. The summed E-state index contributed by atoms with van der Waals surface area (Å²) in [6, 6.07) is 5.63. The molecule has 0 aromatic heterocycles. The van der Waals surface area contributed by atoms with Crippen molar-refractivity contribution in [3.8, 4) is 0 Å². The lowest BCUT2D eigenvalue weighted by Gasteiger charge is -2.11. The van der Waals surface area contributed by atoms with Gasteiger partial charge >= 0.3 is 0 Å². The topological polar surface area (TPSA) is 55.1 Å². The van der Waals surface area contributed by atoms with E-state index in [0.29, 0.717) is 6.54 Å². The van der Waals surface area contributed by atoms with Crippen LogP contribution in [0.25, 0.3) is 0 Å². The van der Waals surface area contributed by atoms with E-state index in [1.54, 1.807) is 12.1 Å². The maximum atomic E-state index is 12.6. The summed E-state index contributed by atoms with van der Waals surface area (Å²) >= 11 is 0. The fourth-order valence-corrected chi connectivity index (χ4v) is 1.08. The van der Waals surface area contributed by atoms with Gasteiger partial charge in [0.1, 0.15) is 5.82 Å². The molecule has 3 N–H and O–H groups in total. The average molecular weight is 196 g/mol. The van der Waals surface area contributed by atoms with E-state index >= 15 is 0 Å². The second-order valence-corrected chi connectivity index (χ2v) is 3.10.